The summed E-state index contributed by atoms with van der Waals surface area (Å²) < 4.78 is 7.00. The zero-order chi connectivity index (χ0) is 41.0. The molecule has 4 heteroatoms. The van der Waals surface area contributed by atoms with Crippen LogP contribution in [-0.4, -0.2) is 0 Å². The van der Waals surface area contributed by atoms with E-state index < -0.39 is 0 Å². The van der Waals surface area contributed by atoms with Crippen molar-refractivity contribution in [2.45, 2.75) is 12.2 Å². The summed E-state index contributed by atoms with van der Waals surface area (Å²) in [6.07, 6.45) is -0.183. The van der Waals surface area contributed by atoms with Crippen molar-refractivity contribution in [1.82, 2.24) is 5.32 Å². The number of rotatable bonds is 7. The Bertz CT molecular complexity index is 3410. The first-order chi connectivity index (χ1) is 30.7. The predicted molar refractivity (Wildman–Crippen MR) is 259 cm³/mol. The molecular weight excluding hydrogens is 755 g/mol. The molecule has 11 aromatic rings. The minimum atomic E-state index is -0.183. The van der Waals surface area contributed by atoms with Crippen molar-refractivity contribution in [2.24, 2.45) is 0 Å². The van der Waals surface area contributed by atoms with E-state index >= 15 is 0 Å². The molecule has 0 radical (unpaired) electrons. The van der Waals surface area contributed by atoms with E-state index in [2.05, 4.69) is 240 Å². The van der Waals surface area contributed by atoms with Gasteiger partial charge in [-0.3, -0.25) is 5.32 Å². The van der Waals surface area contributed by atoms with Gasteiger partial charge in [-0.25, -0.2) is 0 Å². The Balaban J connectivity index is 0.993. The Morgan fingerprint density at radius 3 is 1.82 bits per heavy atom. The predicted octanol–water partition coefficient (Wildman–Crippen LogP) is 15.5. The van der Waals surface area contributed by atoms with Crippen LogP contribution in [0.25, 0.3) is 65.7 Å². The molecule has 4 nitrogen and oxygen atoms in total. The average Bonchev–Trinajstić information content (AvgIpc) is 3.75. The lowest BCUT2D eigenvalue weighted by molar-refractivity contribution is 0.508. The van der Waals surface area contributed by atoms with E-state index in [1.807, 2.05) is 0 Å². The molecule has 294 valence electrons. The molecule has 2 heterocycles. The Morgan fingerprint density at radius 2 is 1.03 bits per heavy atom. The zero-order valence-corrected chi connectivity index (χ0v) is 33.9. The Morgan fingerprint density at radius 1 is 0.419 bits per heavy atom. The Labute approximate surface area is 360 Å². The second-order valence-electron chi connectivity index (χ2n) is 16.2. The monoisotopic (exact) mass is 795 g/mol. The van der Waals surface area contributed by atoms with Gasteiger partial charge in [-0.05, 0) is 97.9 Å². The maximum absolute atomic E-state index is 7.00. The first kappa shape index (κ1) is 36.0. The second-order valence-corrected chi connectivity index (χ2v) is 16.2. The van der Waals surface area contributed by atoms with Crippen LogP contribution in [-0.2, 0) is 0 Å². The van der Waals surface area contributed by atoms with Gasteiger partial charge in [0, 0.05) is 44.6 Å². The van der Waals surface area contributed by atoms with E-state index in [0.29, 0.717) is 0 Å². The number of hydrogen-bond acceptors (Lipinski definition) is 4. The quantitative estimate of drug-likeness (QED) is 0.169. The van der Waals surface area contributed by atoms with Crippen LogP contribution in [0.4, 0.5) is 22.7 Å². The van der Waals surface area contributed by atoms with E-state index in [4.69, 9.17) is 4.42 Å². The van der Waals surface area contributed by atoms with E-state index in [-0.39, 0.29) is 12.2 Å². The fourth-order valence-corrected chi connectivity index (χ4v) is 9.54. The van der Waals surface area contributed by atoms with Crippen molar-refractivity contribution in [1.29, 1.82) is 0 Å². The Hall–Kier alpha value is -7.92. The first-order valence-electron chi connectivity index (χ1n) is 21.3. The second kappa shape index (κ2) is 15.0. The number of nitrogens with one attached hydrogen (secondary N) is 2. The fourth-order valence-electron chi connectivity index (χ4n) is 9.54. The molecule has 0 saturated heterocycles. The molecule has 2 unspecified atom stereocenters. The van der Waals surface area contributed by atoms with Crippen LogP contribution in [0.1, 0.15) is 28.9 Å². The highest BCUT2D eigenvalue weighted by Crippen LogP contribution is 2.46. The molecule has 2 N–H and O–H groups in total. The van der Waals surface area contributed by atoms with Gasteiger partial charge in [0.2, 0.25) is 0 Å². The SMILES string of the molecule is c1ccc(-c2ccc(N(c3ccc(-c4ccc(C5Nc6ccccc6C(c6ccccc6)N5)c5c4oc4ccc6ccccc6c45)cc3)c3ccc4ccccc4c3)cc2)cc1. The summed E-state index contributed by atoms with van der Waals surface area (Å²) in [5.41, 5.74) is 14.3. The van der Waals surface area contributed by atoms with E-state index in [1.165, 1.54) is 43.8 Å². The third-order valence-corrected chi connectivity index (χ3v) is 12.6. The van der Waals surface area contributed by atoms with Crippen LogP contribution in [0.3, 0.4) is 0 Å². The van der Waals surface area contributed by atoms with Crippen LogP contribution < -0.4 is 15.5 Å². The number of anilines is 4. The Kier molecular flexibility index (Phi) is 8.68. The van der Waals surface area contributed by atoms with Gasteiger partial charge in [0.15, 0.2) is 0 Å². The third-order valence-electron chi connectivity index (χ3n) is 12.6. The van der Waals surface area contributed by atoms with Gasteiger partial charge < -0.3 is 14.6 Å². The fraction of sp³-hybridized carbons (Fsp3) is 0.0345. The summed E-state index contributed by atoms with van der Waals surface area (Å²) in [6.45, 7) is 0. The average molecular weight is 796 g/mol. The molecule has 1 aromatic heterocycles. The molecule has 0 fully saturated rings. The number of fused-ring (bicyclic) bond motifs is 7. The lowest BCUT2D eigenvalue weighted by Crippen LogP contribution is -2.37. The maximum atomic E-state index is 7.00. The van der Waals surface area contributed by atoms with Gasteiger partial charge >= 0.3 is 0 Å². The van der Waals surface area contributed by atoms with Crippen molar-refractivity contribution < 1.29 is 4.42 Å². The number of para-hydroxylation sites is 1. The van der Waals surface area contributed by atoms with Crippen LogP contribution in [0.5, 0.6) is 0 Å². The third kappa shape index (κ3) is 6.20. The van der Waals surface area contributed by atoms with Crippen molar-refractivity contribution in [2.75, 3.05) is 10.2 Å². The van der Waals surface area contributed by atoms with Crippen LogP contribution in [0.2, 0.25) is 0 Å². The summed E-state index contributed by atoms with van der Waals surface area (Å²) in [7, 11) is 0. The lowest BCUT2D eigenvalue weighted by atomic mass is 9.91. The van der Waals surface area contributed by atoms with Crippen molar-refractivity contribution in [3.8, 4) is 22.3 Å². The highest BCUT2D eigenvalue weighted by molar-refractivity contribution is 6.22. The molecule has 0 saturated carbocycles. The summed E-state index contributed by atoms with van der Waals surface area (Å²) in [5, 5.41) is 14.9. The number of hydrogen-bond donors (Lipinski definition) is 2. The summed E-state index contributed by atoms with van der Waals surface area (Å²) >= 11 is 0. The largest absolute Gasteiger partial charge is 0.455 e. The molecule has 62 heavy (non-hydrogen) atoms. The maximum Gasteiger partial charge on any atom is 0.143 e. The standard InChI is InChI=1S/C58H41N3O/c1-3-13-38(14-4-1)40-23-29-45(30-24-40)61(47-33-25-39-15-7-8-19-44(39)37-47)46-31-26-42(27-32-46)49-34-35-51(55-54-48-20-10-9-16-41(48)28-36-53(54)62-57(49)55)58-59-52-22-12-11-21-50(52)56(60-58)43-17-5-2-6-18-43/h1-37,56,58-60H. The van der Waals surface area contributed by atoms with Crippen molar-refractivity contribution in [3.05, 3.63) is 241 Å². The summed E-state index contributed by atoms with van der Waals surface area (Å²) in [6, 6.07) is 80.5. The van der Waals surface area contributed by atoms with Gasteiger partial charge in [-0.2, -0.15) is 0 Å². The molecule has 0 amide bonds. The molecule has 10 aromatic carbocycles. The normalized spacial score (nSPS) is 14.8. The van der Waals surface area contributed by atoms with Gasteiger partial charge in [0.25, 0.3) is 0 Å². The highest BCUT2D eigenvalue weighted by atomic mass is 16.3. The van der Waals surface area contributed by atoms with Gasteiger partial charge in [-0.1, -0.05) is 176 Å². The molecule has 12 rings (SSSR count). The minimum absolute atomic E-state index is 0.0101. The smallest absolute Gasteiger partial charge is 0.143 e. The molecular formula is C58H41N3O. The zero-order valence-electron chi connectivity index (χ0n) is 33.9. The van der Waals surface area contributed by atoms with Crippen molar-refractivity contribution >= 4 is 66.2 Å². The van der Waals surface area contributed by atoms with E-state index in [9.17, 15) is 0 Å². The van der Waals surface area contributed by atoms with Crippen molar-refractivity contribution in [3.63, 3.8) is 0 Å². The molecule has 2 atom stereocenters. The number of benzene rings is 10. The highest BCUT2D eigenvalue weighted by Gasteiger charge is 2.30. The molecule has 1 aliphatic heterocycles. The van der Waals surface area contributed by atoms with E-state index in [1.54, 1.807) is 0 Å². The summed E-state index contributed by atoms with van der Waals surface area (Å²) in [5.74, 6) is 0. The molecule has 0 bridgehead atoms. The first-order valence-corrected chi connectivity index (χ1v) is 21.3. The van der Waals surface area contributed by atoms with Gasteiger partial charge in [-0.15, -0.1) is 0 Å². The minimum Gasteiger partial charge on any atom is -0.455 e. The number of nitrogens with zero attached hydrogens (tertiary/aromatic N) is 1. The topological polar surface area (TPSA) is 40.4 Å². The number of furan rings is 1. The molecule has 1 aliphatic rings. The summed E-state index contributed by atoms with van der Waals surface area (Å²) in [4.78, 5) is 2.35. The lowest BCUT2D eigenvalue weighted by Gasteiger charge is -2.35. The molecule has 0 aliphatic carbocycles. The van der Waals surface area contributed by atoms with Gasteiger partial charge in [0.05, 0.1) is 6.04 Å². The van der Waals surface area contributed by atoms with E-state index in [0.717, 1.165) is 61.4 Å². The van der Waals surface area contributed by atoms with Crippen LogP contribution in [0.15, 0.2) is 229 Å². The van der Waals surface area contributed by atoms with Gasteiger partial charge in [0.1, 0.15) is 17.3 Å². The van der Waals surface area contributed by atoms with Crippen LogP contribution >= 0.6 is 0 Å². The molecule has 0 spiro atoms. The van der Waals surface area contributed by atoms with Crippen LogP contribution in [0, 0.1) is 0 Å².